The van der Waals surface area contributed by atoms with Crippen molar-refractivity contribution < 1.29 is 19.4 Å². The molecule has 1 aromatic rings. The Morgan fingerprint density at radius 1 is 1.42 bits per heavy atom. The van der Waals surface area contributed by atoms with Crippen LogP contribution in [0.2, 0.25) is 5.02 Å². The zero-order chi connectivity index (χ0) is 18.1. The van der Waals surface area contributed by atoms with Crippen LogP contribution >= 0.6 is 11.6 Å². The Bertz CT molecular complexity index is 656. The average molecular weight is 355 g/mol. The molecule has 1 unspecified atom stereocenters. The Labute approximate surface area is 146 Å². The molecule has 1 heterocycles. The summed E-state index contributed by atoms with van der Waals surface area (Å²) in [5, 5.41) is 11.5. The summed E-state index contributed by atoms with van der Waals surface area (Å²) in [6.07, 6.45) is -0.309. The van der Waals surface area contributed by atoms with Crippen molar-refractivity contribution in [1.82, 2.24) is 10.4 Å². The smallest absolute Gasteiger partial charge is 0.422 e. The highest BCUT2D eigenvalue weighted by molar-refractivity contribution is 6.31. The molecule has 24 heavy (non-hydrogen) atoms. The number of hydrogen-bond donors (Lipinski definition) is 2. The van der Waals surface area contributed by atoms with Crippen LogP contribution in [0, 0.1) is 0 Å². The number of amides is 1. The minimum Gasteiger partial charge on any atom is -0.481 e. The molecule has 0 fully saturated rings. The van der Waals surface area contributed by atoms with Crippen LogP contribution in [-0.4, -0.2) is 27.8 Å². The zero-order valence-electron chi connectivity index (χ0n) is 14.4. The second-order valence-electron chi connectivity index (χ2n) is 6.93. The second kappa shape index (κ2) is 6.61. The van der Waals surface area contributed by atoms with Gasteiger partial charge in [-0.1, -0.05) is 30.7 Å². The summed E-state index contributed by atoms with van der Waals surface area (Å²) in [5.41, 5.74) is 2.82. The van der Waals surface area contributed by atoms with E-state index in [1.807, 2.05) is 19.1 Å². The Balaban J connectivity index is 2.39. The van der Waals surface area contributed by atoms with Crippen molar-refractivity contribution in [2.24, 2.45) is 0 Å². The lowest BCUT2D eigenvalue weighted by atomic mass is 9.84. The first-order valence-corrected chi connectivity index (χ1v) is 8.24. The number of carbonyl (C=O) groups is 2. The topological polar surface area (TPSA) is 78.9 Å². The Hall–Kier alpha value is -1.79. The van der Waals surface area contributed by atoms with Crippen molar-refractivity contribution in [2.75, 3.05) is 0 Å². The van der Waals surface area contributed by atoms with E-state index in [1.165, 1.54) is 0 Å². The van der Waals surface area contributed by atoms with Gasteiger partial charge in [-0.15, -0.1) is 0 Å². The lowest BCUT2D eigenvalue weighted by Gasteiger charge is -2.38. The van der Waals surface area contributed by atoms with Gasteiger partial charge in [-0.3, -0.25) is 10.2 Å². The van der Waals surface area contributed by atoms with Gasteiger partial charge in [0.2, 0.25) is 0 Å². The molecule has 0 bridgehead atoms. The number of nitrogens with one attached hydrogen (secondary N) is 1. The summed E-state index contributed by atoms with van der Waals surface area (Å²) in [5.74, 6) is -0.958. The number of carbonyl (C=O) groups excluding carboxylic acids is 1. The summed E-state index contributed by atoms with van der Waals surface area (Å²) < 4.78 is 5.30. The third kappa shape index (κ3) is 3.65. The largest absolute Gasteiger partial charge is 0.481 e. The maximum absolute atomic E-state index is 12.2. The summed E-state index contributed by atoms with van der Waals surface area (Å²) in [7, 11) is 0. The first-order valence-electron chi connectivity index (χ1n) is 7.86. The predicted octanol–water partition coefficient (Wildman–Crippen LogP) is 3.68. The number of halogens is 1. The molecule has 0 radical (unpaired) electrons. The molecule has 2 rings (SSSR count). The molecule has 0 aromatic heterocycles. The second-order valence-corrected chi connectivity index (χ2v) is 7.34. The first kappa shape index (κ1) is 18.5. The van der Waals surface area contributed by atoms with Crippen LogP contribution in [0.5, 0.6) is 0 Å². The van der Waals surface area contributed by atoms with E-state index in [0.29, 0.717) is 18.0 Å². The van der Waals surface area contributed by atoms with Gasteiger partial charge in [-0.05, 0) is 44.4 Å². The molecule has 1 aromatic carbocycles. The van der Waals surface area contributed by atoms with Crippen LogP contribution in [0.3, 0.4) is 0 Å². The highest BCUT2D eigenvalue weighted by atomic mass is 35.5. The number of rotatable bonds is 4. The fraction of sp³-hybridized carbons (Fsp3) is 0.529. The zero-order valence-corrected chi connectivity index (χ0v) is 15.1. The van der Waals surface area contributed by atoms with Crippen molar-refractivity contribution in [3.8, 4) is 0 Å². The molecule has 1 amide bonds. The normalized spacial score (nSPS) is 20.5. The molecule has 1 atom stereocenters. The van der Waals surface area contributed by atoms with Crippen LogP contribution in [0.15, 0.2) is 18.2 Å². The number of hydrogen-bond acceptors (Lipinski definition) is 4. The molecular formula is C17H23ClN2O4. The fourth-order valence-corrected chi connectivity index (χ4v) is 3.53. The van der Waals surface area contributed by atoms with Crippen LogP contribution < -0.4 is 5.43 Å². The van der Waals surface area contributed by atoms with Crippen molar-refractivity contribution in [2.45, 2.75) is 58.2 Å². The summed E-state index contributed by atoms with van der Waals surface area (Å²) in [6.45, 7) is 7.56. The molecule has 6 nitrogen and oxygen atoms in total. The van der Waals surface area contributed by atoms with E-state index in [2.05, 4.69) is 5.43 Å². The highest BCUT2D eigenvalue weighted by Crippen LogP contribution is 2.46. The molecule has 0 saturated carbocycles. The Morgan fingerprint density at radius 3 is 2.62 bits per heavy atom. The molecule has 0 aliphatic carbocycles. The van der Waals surface area contributed by atoms with Gasteiger partial charge in [0.15, 0.2) is 0 Å². The van der Waals surface area contributed by atoms with Crippen molar-refractivity contribution >= 4 is 23.7 Å². The van der Waals surface area contributed by atoms with E-state index in [4.69, 9.17) is 16.3 Å². The van der Waals surface area contributed by atoms with Gasteiger partial charge >= 0.3 is 12.1 Å². The number of benzene rings is 1. The number of ether oxygens (including phenoxy) is 1. The van der Waals surface area contributed by atoms with E-state index in [9.17, 15) is 14.7 Å². The molecule has 132 valence electrons. The van der Waals surface area contributed by atoms with E-state index >= 15 is 0 Å². The number of hydrazine groups is 1. The monoisotopic (exact) mass is 354 g/mol. The first-order chi connectivity index (χ1) is 11.1. The Kier molecular flexibility index (Phi) is 5.11. The third-order valence-corrected chi connectivity index (χ3v) is 4.38. The molecule has 0 saturated heterocycles. The van der Waals surface area contributed by atoms with E-state index in [1.54, 1.807) is 31.8 Å². The van der Waals surface area contributed by atoms with Crippen molar-refractivity contribution in [3.63, 3.8) is 0 Å². The van der Waals surface area contributed by atoms with E-state index in [0.717, 1.165) is 11.1 Å². The van der Waals surface area contributed by atoms with Gasteiger partial charge in [0.1, 0.15) is 5.60 Å². The summed E-state index contributed by atoms with van der Waals surface area (Å²) in [4.78, 5) is 23.7. The summed E-state index contributed by atoms with van der Waals surface area (Å²) >= 11 is 6.36. The maximum atomic E-state index is 12.2. The van der Waals surface area contributed by atoms with Crippen LogP contribution in [0.25, 0.3) is 0 Å². The van der Waals surface area contributed by atoms with Crippen LogP contribution in [0.4, 0.5) is 4.79 Å². The number of nitrogens with zero attached hydrogens (tertiary/aromatic N) is 1. The quantitative estimate of drug-likeness (QED) is 0.862. The number of carboxylic acids is 1. The minimum atomic E-state index is -0.958. The SMILES string of the molecule is CCC1(CC(=O)O)c2c(Cl)cccc2CN1NC(=O)OC(C)(C)C. The molecule has 7 heteroatoms. The van der Waals surface area contributed by atoms with Gasteiger partial charge in [0.05, 0.1) is 12.0 Å². The van der Waals surface area contributed by atoms with Crippen molar-refractivity contribution in [3.05, 3.63) is 34.3 Å². The third-order valence-electron chi connectivity index (χ3n) is 4.06. The fourth-order valence-electron chi connectivity index (χ4n) is 3.16. The number of carboxylic acid groups (broad SMARTS) is 1. The lowest BCUT2D eigenvalue weighted by molar-refractivity contribution is -0.141. The average Bonchev–Trinajstić information content (AvgIpc) is 2.71. The standard InChI is InChI=1S/C17H23ClN2O4/c1-5-17(9-13(21)22)14-11(7-6-8-12(14)18)10-20(17)19-15(23)24-16(2,3)4/h6-8H,5,9-10H2,1-4H3,(H,19,23)(H,21,22). The highest BCUT2D eigenvalue weighted by Gasteiger charge is 2.48. The van der Waals surface area contributed by atoms with Gasteiger partial charge in [-0.2, -0.15) is 0 Å². The molecular weight excluding hydrogens is 332 g/mol. The maximum Gasteiger partial charge on any atom is 0.422 e. The Morgan fingerprint density at radius 2 is 2.08 bits per heavy atom. The molecule has 1 aliphatic heterocycles. The summed E-state index contributed by atoms with van der Waals surface area (Å²) in [6, 6.07) is 5.45. The van der Waals surface area contributed by atoms with Gasteiger partial charge in [0, 0.05) is 11.6 Å². The van der Waals surface area contributed by atoms with Gasteiger partial charge in [-0.25, -0.2) is 9.80 Å². The molecule has 2 N–H and O–H groups in total. The molecule has 1 aliphatic rings. The van der Waals surface area contributed by atoms with Crippen molar-refractivity contribution in [1.29, 1.82) is 0 Å². The van der Waals surface area contributed by atoms with E-state index < -0.39 is 23.2 Å². The lowest BCUT2D eigenvalue weighted by Crippen LogP contribution is -2.53. The minimum absolute atomic E-state index is 0.171. The van der Waals surface area contributed by atoms with Crippen LogP contribution in [-0.2, 0) is 21.6 Å². The molecule has 0 spiro atoms. The number of fused-ring (bicyclic) bond motifs is 1. The number of aliphatic carboxylic acids is 1. The van der Waals surface area contributed by atoms with Gasteiger partial charge < -0.3 is 9.84 Å². The predicted molar refractivity (Wildman–Crippen MR) is 90.6 cm³/mol. The van der Waals surface area contributed by atoms with E-state index in [-0.39, 0.29) is 6.42 Å². The van der Waals surface area contributed by atoms with Crippen LogP contribution in [0.1, 0.15) is 51.7 Å². The van der Waals surface area contributed by atoms with Gasteiger partial charge in [0.25, 0.3) is 0 Å².